The number of methoxy groups -OCH3 is 1. The van der Waals surface area contributed by atoms with Crippen molar-refractivity contribution >= 4 is 0 Å². The third-order valence-corrected chi connectivity index (χ3v) is 8.14. The minimum atomic E-state index is -0.878. The third kappa shape index (κ3) is 1.63. The Balaban J connectivity index is 1.80. The minimum absolute atomic E-state index is 0.0382. The fourth-order valence-electron chi connectivity index (χ4n) is 5.44. The molecular weight excluding hydrogens is 405 g/mol. The van der Waals surface area contributed by atoms with E-state index in [4.69, 9.17) is 9.47 Å². The first-order valence-corrected chi connectivity index (χ1v) is 10.4. The molecule has 5 heteroatoms. The molecule has 2 aliphatic carbocycles. The number of hydrogen-bond acceptors (Lipinski definition) is 4. The van der Waals surface area contributed by atoms with Gasteiger partial charge in [-0.15, -0.1) is 0 Å². The van der Waals surface area contributed by atoms with Crippen molar-refractivity contribution in [2.24, 2.45) is 5.92 Å². The van der Waals surface area contributed by atoms with Gasteiger partial charge in [0.1, 0.15) is 0 Å². The number of rotatable bonds is 2. The Kier molecular flexibility index (Phi) is 3.07. The van der Waals surface area contributed by atoms with Gasteiger partial charge < -0.3 is 0 Å². The second-order valence-corrected chi connectivity index (χ2v) is 9.16. The maximum atomic E-state index is 10.0. The molecule has 1 saturated heterocycles. The van der Waals surface area contributed by atoms with Crippen LogP contribution in [0.5, 0.6) is 11.5 Å². The Morgan fingerprint density at radius 2 is 2.26 bits per heavy atom. The van der Waals surface area contributed by atoms with Crippen LogP contribution in [0, 0.1) is 5.92 Å². The first kappa shape index (κ1) is 14.5. The van der Waals surface area contributed by atoms with Crippen molar-refractivity contribution in [2.75, 3.05) is 20.7 Å². The van der Waals surface area contributed by atoms with Crippen molar-refractivity contribution in [1.82, 2.24) is 4.90 Å². The standard InChI is InChI=1S/C18H21INO3/c1-20-8-7-18-11-4-5-12(19-21)17(18)23-16-14(22-2)6-3-10(15(16)18)9-13(11)20/h3-6,11-13,17,21H,7-9H2,1-2H3/q-1/t11-,12?,13+,17?,18-/m0/s1. The summed E-state index contributed by atoms with van der Waals surface area (Å²) in [4.78, 5) is 2.51. The fourth-order valence-corrected chi connectivity index (χ4v) is 6.95. The van der Waals surface area contributed by atoms with Gasteiger partial charge in [-0.25, -0.2) is 0 Å². The number of ether oxygens (including phenoxy) is 2. The summed E-state index contributed by atoms with van der Waals surface area (Å²) in [5.74, 6) is 2.28. The van der Waals surface area contributed by atoms with Gasteiger partial charge in [0.05, 0.1) is 0 Å². The number of alkyl halides is 1. The van der Waals surface area contributed by atoms with Gasteiger partial charge in [0.2, 0.25) is 0 Å². The Morgan fingerprint density at radius 1 is 1.39 bits per heavy atom. The zero-order chi connectivity index (χ0) is 15.8. The number of likely N-dealkylation sites (N-methyl/N-ethyl adjacent to an activating group) is 1. The van der Waals surface area contributed by atoms with Gasteiger partial charge in [-0.1, -0.05) is 0 Å². The van der Waals surface area contributed by atoms with Crippen molar-refractivity contribution in [3.63, 3.8) is 0 Å². The summed E-state index contributed by atoms with van der Waals surface area (Å²) in [6.07, 6.45) is 6.88. The van der Waals surface area contributed by atoms with Crippen LogP contribution in [0.4, 0.5) is 0 Å². The molecule has 23 heavy (non-hydrogen) atoms. The second-order valence-electron chi connectivity index (χ2n) is 7.16. The van der Waals surface area contributed by atoms with E-state index in [9.17, 15) is 3.44 Å². The van der Waals surface area contributed by atoms with Gasteiger partial charge in [0, 0.05) is 0 Å². The van der Waals surface area contributed by atoms with Crippen molar-refractivity contribution in [2.45, 2.75) is 34.3 Å². The zero-order valence-corrected chi connectivity index (χ0v) is 15.5. The van der Waals surface area contributed by atoms with E-state index in [0.29, 0.717) is 12.0 Å². The van der Waals surface area contributed by atoms with Gasteiger partial charge >= 0.3 is 147 Å². The topological polar surface area (TPSA) is 41.9 Å². The van der Waals surface area contributed by atoms with E-state index in [1.54, 1.807) is 7.11 Å². The van der Waals surface area contributed by atoms with E-state index in [1.165, 1.54) is 11.1 Å². The van der Waals surface area contributed by atoms with E-state index in [2.05, 4.69) is 36.2 Å². The average Bonchev–Trinajstić information content (AvgIpc) is 2.92. The Morgan fingerprint density at radius 3 is 3.04 bits per heavy atom. The van der Waals surface area contributed by atoms with Gasteiger partial charge in [0.25, 0.3) is 0 Å². The van der Waals surface area contributed by atoms with E-state index >= 15 is 0 Å². The van der Waals surface area contributed by atoms with E-state index in [1.807, 2.05) is 0 Å². The van der Waals surface area contributed by atoms with Crippen molar-refractivity contribution < 1.29 is 34.5 Å². The molecule has 5 atom stereocenters. The Bertz CT molecular complexity index is 706. The molecule has 2 heterocycles. The molecule has 5 rings (SSSR count). The first-order chi connectivity index (χ1) is 11.2. The number of benzene rings is 1. The monoisotopic (exact) mass is 426 g/mol. The summed E-state index contributed by atoms with van der Waals surface area (Å²) in [7, 11) is 3.96. The summed E-state index contributed by atoms with van der Waals surface area (Å²) in [6, 6.07) is 4.82. The van der Waals surface area contributed by atoms with Crippen molar-refractivity contribution in [3.05, 3.63) is 35.4 Å². The normalized spacial score (nSPS) is 40.0. The van der Waals surface area contributed by atoms with E-state index < -0.39 is 21.6 Å². The average molecular weight is 426 g/mol. The molecule has 1 aromatic carbocycles. The van der Waals surface area contributed by atoms with Crippen LogP contribution in [0.25, 0.3) is 0 Å². The quantitative estimate of drug-likeness (QED) is 0.356. The van der Waals surface area contributed by atoms with Crippen LogP contribution < -0.4 is 31.1 Å². The van der Waals surface area contributed by atoms with Gasteiger partial charge in [-0.05, 0) is 0 Å². The molecule has 4 nitrogen and oxygen atoms in total. The summed E-state index contributed by atoms with van der Waals surface area (Å²) < 4.78 is 22.3. The van der Waals surface area contributed by atoms with Gasteiger partial charge in [0.15, 0.2) is 0 Å². The van der Waals surface area contributed by atoms with Crippen LogP contribution in [0.3, 0.4) is 0 Å². The van der Waals surface area contributed by atoms with Gasteiger partial charge in [-0.2, -0.15) is 0 Å². The Hall–Kier alpha value is -0.790. The molecule has 1 N–H and O–H groups in total. The number of nitrogens with zero attached hydrogens (tertiary/aromatic N) is 1. The number of halogens is 1. The van der Waals surface area contributed by atoms with Crippen LogP contribution in [0.2, 0.25) is 0 Å². The molecule has 0 aromatic heterocycles. The molecule has 0 amide bonds. The molecule has 0 saturated carbocycles. The zero-order valence-electron chi connectivity index (χ0n) is 13.3. The molecule has 1 spiro atoms. The predicted octanol–water partition coefficient (Wildman–Crippen LogP) is -1.49. The van der Waals surface area contributed by atoms with Crippen molar-refractivity contribution in [1.29, 1.82) is 0 Å². The molecule has 2 bridgehead atoms. The molecule has 1 aromatic rings. The summed E-state index contributed by atoms with van der Waals surface area (Å²) >= 11 is -0.878. The predicted molar refractivity (Wildman–Crippen MR) is 82.5 cm³/mol. The van der Waals surface area contributed by atoms with Gasteiger partial charge in [-0.3, -0.25) is 0 Å². The van der Waals surface area contributed by atoms with Crippen LogP contribution in [0.1, 0.15) is 17.5 Å². The fraction of sp³-hybridized carbons (Fsp3) is 0.556. The van der Waals surface area contributed by atoms with E-state index in [-0.39, 0.29) is 15.4 Å². The third-order valence-electron chi connectivity index (χ3n) is 6.43. The summed E-state index contributed by atoms with van der Waals surface area (Å²) in [5, 5.41) is 0. The molecule has 2 unspecified atom stereocenters. The second kappa shape index (κ2) is 4.86. The van der Waals surface area contributed by atoms with Crippen LogP contribution in [-0.4, -0.2) is 45.1 Å². The van der Waals surface area contributed by atoms with E-state index in [0.717, 1.165) is 30.9 Å². The van der Waals surface area contributed by atoms with Crippen molar-refractivity contribution in [3.8, 4) is 11.5 Å². The van der Waals surface area contributed by atoms with Crippen LogP contribution >= 0.6 is 0 Å². The molecule has 124 valence electrons. The SMILES string of the molecule is COc1ccc2c3c1OC1C([I-]O)C=C[C@H]4[C@@H](C2)N(C)CC[C@]314. The molecule has 0 radical (unpaired) electrons. The summed E-state index contributed by atoms with van der Waals surface area (Å²) in [6.45, 7) is 1.10. The summed E-state index contributed by atoms with van der Waals surface area (Å²) in [5.41, 5.74) is 2.85. The number of hydrogen-bond donors (Lipinski definition) is 1. The first-order valence-electron chi connectivity index (χ1n) is 8.23. The Labute approximate surface area is 147 Å². The molecular formula is C18H21INO3-. The molecule has 1 fully saturated rings. The number of likely N-dealkylation sites (tertiary alicyclic amines) is 1. The molecule has 2 aliphatic heterocycles. The van der Waals surface area contributed by atoms with Crippen LogP contribution in [0.15, 0.2) is 24.3 Å². The van der Waals surface area contributed by atoms with Crippen LogP contribution in [-0.2, 0) is 11.8 Å². The maximum absolute atomic E-state index is 10.0. The number of piperidine rings is 1. The molecule has 4 aliphatic rings.